The lowest BCUT2D eigenvalue weighted by Gasteiger charge is -1.93. The van der Waals surface area contributed by atoms with Crippen LogP contribution in [0.4, 0.5) is 5.13 Å². The summed E-state index contributed by atoms with van der Waals surface area (Å²) >= 11 is 7.11. The van der Waals surface area contributed by atoms with E-state index < -0.39 is 0 Å². The molecule has 64 valence electrons. The van der Waals surface area contributed by atoms with Crippen molar-refractivity contribution in [3.05, 3.63) is 22.7 Å². The van der Waals surface area contributed by atoms with Gasteiger partial charge in [0.05, 0.1) is 20.8 Å². The number of fused-ring (bicyclic) bond motifs is 1. The number of nitrogens with zero attached hydrogens (tertiary/aromatic N) is 2. The lowest BCUT2D eigenvalue weighted by atomic mass is 10.2. The predicted octanol–water partition coefficient (Wildman–Crippen LogP) is 2.40. The summed E-state index contributed by atoms with van der Waals surface area (Å²) in [5.41, 5.74) is 6.70. The molecule has 2 aromatic rings. The van der Waals surface area contributed by atoms with E-state index in [9.17, 15) is 0 Å². The number of rotatable bonds is 0. The van der Waals surface area contributed by atoms with Crippen LogP contribution < -0.4 is 5.73 Å². The number of benzene rings is 1. The maximum atomic E-state index is 8.83. The highest BCUT2D eigenvalue weighted by Crippen LogP contribution is 2.30. The van der Waals surface area contributed by atoms with E-state index in [0.29, 0.717) is 15.7 Å². The number of nitrogen functional groups attached to an aromatic ring is 1. The number of halogens is 1. The maximum Gasteiger partial charge on any atom is 0.181 e. The first-order valence-electron chi connectivity index (χ1n) is 3.47. The summed E-state index contributed by atoms with van der Waals surface area (Å²) in [5, 5.41) is 9.73. The van der Waals surface area contributed by atoms with Crippen LogP contribution in [-0.2, 0) is 0 Å². The first kappa shape index (κ1) is 8.30. The summed E-state index contributed by atoms with van der Waals surface area (Å²) in [5.74, 6) is 0. The Morgan fingerprint density at radius 3 is 3.00 bits per heavy atom. The Morgan fingerprint density at radius 1 is 1.54 bits per heavy atom. The van der Waals surface area contributed by atoms with Crippen LogP contribution in [0.2, 0.25) is 5.02 Å². The number of nitrogens with two attached hydrogens (primary N) is 1. The molecule has 0 unspecified atom stereocenters. The molecule has 0 saturated carbocycles. The minimum Gasteiger partial charge on any atom is -0.375 e. The topological polar surface area (TPSA) is 62.7 Å². The normalized spacial score (nSPS) is 10.2. The third-order valence-electron chi connectivity index (χ3n) is 1.64. The average Bonchev–Trinajstić information content (AvgIpc) is 2.45. The van der Waals surface area contributed by atoms with Gasteiger partial charge in [0, 0.05) is 0 Å². The van der Waals surface area contributed by atoms with E-state index in [-0.39, 0.29) is 0 Å². The molecule has 0 saturated heterocycles. The SMILES string of the molecule is N#Cc1c(Cl)ccc2nc(N)sc12. The summed E-state index contributed by atoms with van der Waals surface area (Å²) in [6.45, 7) is 0. The number of hydrogen-bond donors (Lipinski definition) is 1. The van der Waals surface area contributed by atoms with E-state index in [1.807, 2.05) is 6.07 Å². The van der Waals surface area contributed by atoms with Gasteiger partial charge in [0.15, 0.2) is 5.13 Å². The van der Waals surface area contributed by atoms with Crippen molar-refractivity contribution in [3.8, 4) is 6.07 Å². The van der Waals surface area contributed by atoms with Crippen molar-refractivity contribution in [2.75, 3.05) is 5.73 Å². The van der Waals surface area contributed by atoms with Gasteiger partial charge in [-0.1, -0.05) is 22.9 Å². The van der Waals surface area contributed by atoms with E-state index in [1.54, 1.807) is 12.1 Å². The first-order valence-corrected chi connectivity index (χ1v) is 4.66. The summed E-state index contributed by atoms with van der Waals surface area (Å²) in [6.07, 6.45) is 0. The highest BCUT2D eigenvalue weighted by atomic mass is 35.5. The molecule has 1 heterocycles. The molecule has 1 aromatic heterocycles. The Kier molecular flexibility index (Phi) is 1.83. The fraction of sp³-hybridized carbons (Fsp3) is 0. The van der Waals surface area contributed by atoms with Crippen molar-refractivity contribution in [1.82, 2.24) is 4.98 Å². The Hall–Kier alpha value is -1.31. The molecule has 13 heavy (non-hydrogen) atoms. The standard InChI is InChI=1S/C8H4ClN3S/c9-5-1-2-6-7(4(5)3-10)13-8(11)12-6/h1-2H,(H2,11,12). The number of aromatic nitrogens is 1. The van der Waals surface area contributed by atoms with Crippen molar-refractivity contribution in [2.24, 2.45) is 0 Å². The molecule has 0 aliphatic carbocycles. The van der Waals surface area contributed by atoms with Gasteiger partial charge in [-0.2, -0.15) is 5.26 Å². The van der Waals surface area contributed by atoms with Crippen LogP contribution in [0.5, 0.6) is 0 Å². The zero-order chi connectivity index (χ0) is 9.42. The van der Waals surface area contributed by atoms with Gasteiger partial charge in [-0.05, 0) is 12.1 Å². The zero-order valence-corrected chi connectivity index (χ0v) is 7.99. The molecule has 0 radical (unpaired) electrons. The first-order chi connectivity index (χ1) is 6.22. The van der Waals surface area contributed by atoms with E-state index in [2.05, 4.69) is 4.98 Å². The molecule has 2 N–H and O–H groups in total. The lowest BCUT2D eigenvalue weighted by molar-refractivity contribution is 1.48. The molecule has 3 nitrogen and oxygen atoms in total. The molecule has 2 rings (SSSR count). The van der Waals surface area contributed by atoms with Gasteiger partial charge in [0.2, 0.25) is 0 Å². The van der Waals surface area contributed by atoms with Crippen molar-refractivity contribution in [3.63, 3.8) is 0 Å². The molecular formula is C8H4ClN3S. The van der Waals surface area contributed by atoms with Gasteiger partial charge >= 0.3 is 0 Å². The van der Waals surface area contributed by atoms with Crippen molar-refractivity contribution in [2.45, 2.75) is 0 Å². The number of thiazole rings is 1. The largest absolute Gasteiger partial charge is 0.375 e. The Labute approximate surface area is 83.4 Å². The van der Waals surface area contributed by atoms with Gasteiger partial charge in [-0.3, -0.25) is 0 Å². The highest BCUT2D eigenvalue weighted by Gasteiger charge is 2.09. The van der Waals surface area contributed by atoms with Gasteiger partial charge < -0.3 is 5.73 Å². The van der Waals surface area contributed by atoms with Crippen LogP contribution in [0.3, 0.4) is 0 Å². The number of nitriles is 1. The summed E-state index contributed by atoms with van der Waals surface area (Å²) in [4.78, 5) is 4.05. The monoisotopic (exact) mass is 209 g/mol. The minimum absolute atomic E-state index is 0.443. The molecule has 0 fully saturated rings. The van der Waals surface area contributed by atoms with Crippen LogP contribution in [0.15, 0.2) is 12.1 Å². The van der Waals surface area contributed by atoms with E-state index >= 15 is 0 Å². The molecule has 5 heteroatoms. The van der Waals surface area contributed by atoms with Crippen molar-refractivity contribution < 1.29 is 0 Å². The fourth-order valence-electron chi connectivity index (χ4n) is 1.09. The van der Waals surface area contributed by atoms with Crippen LogP contribution in [0, 0.1) is 11.3 Å². The fourth-order valence-corrected chi connectivity index (χ4v) is 2.17. The van der Waals surface area contributed by atoms with Crippen LogP contribution in [0.1, 0.15) is 5.56 Å². The third-order valence-corrected chi connectivity index (χ3v) is 2.87. The number of anilines is 1. The second-order valence-electron chi connectivity index (χ2n) is 2.43. The predicted molar refractivity (Wildman–Crippen MR) is 53.8 cm³/mol. The molecule has 0 aliphatic rings. The van der Waals surface area contributed by atoms with Gasteiger partial charge in [0.1, 0.15) is 6.07 Å². The zero-order valence-electron chi connectivity index (χ0n) is 6.41. The van der Waals surface area contributed by atoms with Crippen LogP contribution in [-0.4, -0.2) is 4.98 Å². The van der Waals surface area contributed by atoms with Crippen molar-refractivity contribution in [1.29, 1.82) is 5.26 Å². The highest BCUT2D eigenvalue weighted by molar-refractivity contribution is 7.22. The molecule has 0 spiro atoms. The third kappa shape index (κ3) is 1.22. The summed E-state index contributed by atoms with van der Waals surface area (Å²) in [7, 11) is 0. The summed E-state index contributed by atoms with van der Waals surface area (Å²) < 4.78 is 0.757. The van der Waals surface area contributed by atoms with Crippen molar-refractivity contribution >= 4 is 38.3 Å². The van der Waals surface area contributed by atoms with Gasteiger partial charge in [0.25, 0.3) is 0 Å². The Bertz CT molecular complexity index is 512. The second kappa shape index (κ2) is 2.87. The van der Waals surface area contributed by atoms with Crippen LogP contribution in [0.25, 0.3) is 10.2 Å². The smallest absolute Gasteiger partial charge is 0.181 e. The number of hydrogen-bond acceptors (Lipinski definition) is 4. The molecule has 1 aromatic carbocycles. The molecule has 0 amide bonds. The quantitative estimate of drug-likeness (QED) is 0.725. The maximum absolute atomic E-state index is 8.83. The Morgan fingerprint density at radius 2 is 2.31 bits per heavy atom. The van der Waals surface area contributed by atoms with Gasteiger partial charge in [-0.15, -0.1) is 0 Å². The molecule has 0 aliphatic heterocycles. The van der Waals surface area contributed by atoms with E-state index in [1.165, 1.54) is 11.3 Å². The second-order valence-corrected chi connectivity index (χ2v) is 3.87. The Balaban J connectivity index is 2.93. The van der Waals surface area contributed by atoms with E-state index in [0.717, 1.165) is 10.2 Å². The molecular weight excluding hydrogens is 206 g/mol. The summed E-state index contributed by atoms with van der Waals surface area (Å²) in [6, 6.07) is 5.44. The minimum atomic E-state index is 0.443. The average molecular weight is 210 g/mol. The lowest BCUT2D eigenvalue weighted by Crippen LogP contribution is -1.79. The molecule has 0 bridgehead atoms. The van der Waals surface area contributed by atoms with Crippen LogP contribution >= 0.6 is 22.9 Å². The molecule has 0 atom stereocenters. The van der Waals surface area contributed by atoms with Gasteiger partial charge in [-0.25, -0.2) is 4.98 Å². The van der Waals surface area contributed by atoms with E-state index in [4.69, 9.17) is 22.6 Å².